The molecule has 0 aromatic heterocycles. The van der Waals surface area contributed by atoms with Gasteiger partial charge in [-0.2, -0.15) is 13.5 Å². The molecule has 0 saturated carbocycles. The molecular weight excluding hydrogens is 372 g/mol. The molecule has 3 aliphatic rings. The van der Waals surface area contributed by atoms with Crippen LogP contribution in [-0.4, -0.2) is 78.0 Å². The normalized spacial score (nSPS) is 31.2. The molecular formula is C12H20N6O7S. The van der Waals surface area contributed by atoms with Gasteiger partial charge in [0.2, 0.25) is 0 Å². The number of carbonyl (C=O) groups is 3. The Hall–Kier alpha value is -2.00. The summed E-state index contributed by atoms with van der Waals surface area (Å²) in [6, 6.07) is -2.97. The SMILES string of the molecule is N[C@@H]1CN[C@H](C(=O)NNC(=O)[C@@H]2CC[C@H]3CN2C(=O)N3OS(=O)(=O)O)C1. The van der Waals surface area contributed by atoms with E-state index >= 15 is 0 Å². The molecule has 0 aliphatic carbocycles. The van der Waals surface area contributed by atoms with Crippen molar-refractivity contribution in [2.45, 2.75) is 43.4 Å². The van der Waals surface area contributed by atoms with Crippen LogP contribution in [0.15, 0.2) is 0 Å². The van der Waals surface area contributed by atoms with Crippen LogP contribution >= 0.6 is 0 Å². The quantitative estimate of drug-likeness (QED) is 0.243. The van der Waals surface area contributed by atoms with E-state index < -0.39 is 46.4 Å². The number of rotatable bonds is 4. The molecule has 4 atom stereocenters. The minimum Gasteiger partial charge on any atom is -0.326 e. The van der Waals surface area contributed by atoms with E-state index in [2.05, 4.69) is 20.5 Å². The van der Waals surface area contributed by atoms with Crippen molar-refractivity contribution in [2.24, 2.45) is 5.73 Å². The number of hydroxylamine groups is 2. The van der Waals surface area contributed by atoms with Gasteiger partial charge in [0.1, 0.15) is 6.04 Å². The van der Waals surface area contributed by atoms with E-state index in [0.29, 0.717) is 24.4 Å². The highest BCUT2D eigenvalue weighted by molar-refractivity contribution is 7.80. The molecule has 3 heterocycles. The van der Waals surface area contributed by atoms with Crippen molar-refractivity contribution in [3.63, 3.8) is 0 Å². The topological polar surface area (TPSA) is 183 Å². The zero-order valence-corrected chi connectivity index (χ0v) is 14.4. The van der Waals surface area contributed by atoms with Crippen molar-refractivity contribution in [3.8, 4) is 0 Å². The van der Waals surface area contributed by atoms with Crippen LogP contribution in [0, 0.1) is 0 Å². The Kier molecular flexibility index (Phi) is 5.03. The second-order valence-corrected chi connectivity index (χ2v) is 7.45. The average Bonchev–Trinajstić information content (AvgIpc) is 3.09. The van der Waals surface area contributed by atoms with E-state index in [1.54, 1.807) is 0 Å². The molecule has 146 valence electrons. The largest absolute Gasteiger partial charge is 0.418 e. The van der Waals surface area contributed by atoms with Crippen LogP contribution < -0.4 is 21.9 Å². The molecule has 0 aromatic carbocycles. The fourth-order valence-electron chi connectivity index (χ4n) is 3.36. The number of piperidine rings is 1. The van der Waals surface area contributed by atoms with Crippen LogP contribution in [0.25, 0.3) is 0 Å². The molecule has 4 amide bonds. The lowest BCUT2D eigenvalue weighted by Crippen LogP contribution is -2.56. The lowest BCUT2D eigenvalue weighted by atomic mass is 10.0. The highest BCUT2D eigenvalue weighted by atomic mass is 32.3. The maximum atomic E-state index is 12.3. The third-order valence-corrected chi connectivity index (χ3v) is 4.94. The van der Waals surface area contributed by atoms with Crippen molar-refractivity contribution < 1.29 is 31.6 Å². The van der Waals surface area contributed by atoms with E-state index in [9.17, 15) is 22.8 Å². The molecule has 3 fully saturated rings. The number of nitrogens with two attached hydrogens (primary N) is 1. The summed E-state index contributed by atoms with van der Waals surface area (Å²) in [6.07, 6.45) is 0.984. The fraction of sp³-hybridized carbons (Fsp3) is 0.750. The first-order chi connectivity index (χ1) is 12.2. The fourth-order valence-corrected chi connectivity index (χ4v) is 3.75. The summed E-state index contributed by atoms with van der Waals surface area (Å²) in [4.78, 5) is 37.6. The first kappa shape index (κ1) is 18.8. The Balaban J connectivity index is 1.56. The maximum Gasteiger partial charge on any atom is 0.418 e. The summed E-state index contributed by atoms with van der Waals surface area (Å²) < 4.78 is 34.7. The van der Waals surface area contributed by atoms with E-state index in [-0.39, 0.29) is 19.0 Å². The minimum atomic E-state index is -4.85. The van der Waals surface area contributed by atoms with E-state index in [1.807, 2.05) is 0 Å². The van der Waals surface area contributed by atoms with Gasteiger partial charge in [-0.25, -0.2) is 4.79 Å². The Bertz CT molecular complexity index is 715. The Morgan fingerprint density at radius 2 is 1.96 bits per heavy atom. The molecule has 0 spiro atoms. The van der Waals surface area contributed by atoms with Crippen LogP contribution in [0.2, 0.25) is 0 Å². The highest BCUT2D eigenvalue weighted by Crippen LogP contribution is 2.30. The number of fused-ring (bicyclic) bond motifs is 2. The molecule has 14 heteroatoms. The molecule has 2 bridgehead atoms. The molecule has 6 N–H and O–H groups in total. The predicted molar refractivity (Wildman–Crippen MR) is 84.1 cm³/mol. The van der Waals surface area contributed by atoms with Crippen LogP contribution in [-0.2, 0) is 24.3 Å². The standard InChI is InChI=1S/C12H20N6O7S/c13-6-3-8(14-4-6)10(19)15-16-11(20)9-2-1-7-5-17(9)12(21)18(7)25-26(22,23)24/h6-9,14H,1-5,13H2,(H,15,19)(H,16,20)(H,22,23,24)/t6-,7-,8-,9-/m0/s1. The third kappa shape index (κ3) is 3.88. The summed E-state index contributed by atoms with van der Waals surface area (Å²) in [5.74, 6) is -1.05. The smallest absolute Gasteiger partial charge is 0.326 e. The van der Waals surface area contributed by atoms with Gasteiger partial charge in [-0.1, -0.05) is 0 Å². The van der Waals surface area contributed by atoms with Gasteiger partial charge >= 0.3 is 16.4 Å². The molecule has 3 saturated heterocycles. The number of amides is 4. The second-order valence-electron chi connectivity index (χ2n) is 6.45. The minimum absolute atomic E-state index is 0.0689. The first-order valence-electron chi connectivity index (χ1n) is 8.01. The lowest BCUT2D eigenvalue weighted by Gasteiger charge is -2.29. The molecule has 26 heavy (non-hydrogen) atoms. The number of carbonyl (C=O) groups excluding carboxylic acids is 3. The highest BCUT2D eigenvalue weighted by Gasteiger charge is 2.49. The predicted octanol–water partition coefficient (Wildman–Crippen LogP) is -3.17. The molecule has 3 aliphatic heterocycles. The van der Waals surface area contributed by atoms with Gasteiger partial charge in [0.15, 0.2) is 0 Å². The Morgan fingerprint density at radius 1 is 1.27 bits per heavy atom. The number of hydrogen-bond donors (Lipinski definition) is 5. The van der Waals surface area contributed by atoms with Gasteiger partial charge in [0.05, 0.1) is 12.1 Å². The average molecular weight is 392 g/mol. The van der Waals surface area contributed by atoms with E-state index in [4.69, 9.17) is 10.3 Å². The van der Waals surface area contributed by atoms with Gasteiger partial charge in [-0.3, -0.25) is 25.0 Å². The van der Waals surface area contributed by atoms with Gasteiger partial charge < -0.3 is 16.0 Å². The zero-order chi connectivity index (χ0) is 19.1. The van der Waals surface area contributed by atoms with Crippen LogP contribution in [0.5, 0.6) is 0 Å². The van der Waals surface area contributed by atoms with Crippen LogP contribution in [0.1, 0.15) is 19.3 Å². The van der Waals surface area contributed by atoms with Gasteiger partial charge in [-0.15, -0.1) is 4.28 Å². The number of hydrazine groups is 1. The van der Waals surface area contributed by atoms with E-state index in [0.717, 1.165) is 4.90 Å². The summed E-state index contributed by atoms with van der Waals surface area (Å²) in [5, 5.41) is 3.46. The Morgan fingerprint density at radius 3 is 2.58 bits per heavy atom. The van der Waals surface area contributed by atoms with Gasteiger partial charge in [0.25, 0.3) is 11.8 Å². The van der Waals surface area contributed by atoms with Crippen molar-refractivity contribution in [3.05, 3.63) is 0 Å². The first-order valence-corrected chi connectivity index (χ1v) is 9.37. The van der Waals surface area contributed by atoms with E-state index in [1.165, 1.54) is 0 Å². The van der Waals surface area contributed by atoms with Crippen LogP contribution in [0.4, 0.5) is 4.79 Å². The number of nitrogens with zero attached hydrogens (tertiary/aromatic N) is 2. The monoisotopic (exact) mass is 392 g/mol. The molecule has 0 aromatic rings. The summed E-state index contributed by atoms with van der Waals surface area (Å²) in [5.41, 5.74) is 10.3. The van der Waals surface area contributed by atoms with Crippen molar-refractivity contribution in [2.75, 3.05) is 13.1 Å². The van der Waals surface area contributed by atoms with Gasteiger partial charge in [0, 0.05) is 19.1 Å². The number of urea groups is 1. The van der Waals surface area contributed by atoms with Crippen molar-refractivity contribution in [1.29, 1.82) is 0 Å². The summed E-state index contributed by atoms with van der Waals surface area (Å²) >= 11 is 0. The van der Waals surface area contributed by atoms with Crippen molar-refractivity contribution in [1.82, 2.24) is 26.1 Å². The summed E-state index contributed by atoms with van der Waals surface area (Å²) in [6.45, 7) is 0.571. The molecule has 13 nitrogen and oxygen atoms in total. The second kappa shape index (κ2) is 6.96. The third-order valence-electron chi connectivity index (χ3n) is 4.59. The zero-order valence-electron chi connectivity index (χ0n) is 13.6. The van der Waals surface area contributed by atoms with Crippen LogP contribution in [0.3, 0.4) is 0 Å². The van der Waals surface area contributed by atoms with Gasteiger partial charge in [-0.05, 0) is 19.3 Å². The molecule has 3 rings (SSSR count). The summed E-state index contributed by atoms with van der Waals surface area (Å²) in [7, 11) is -4.85. The van der Waals surface area contributed by atoms with Crippen molar-refractivity contribution >= 4 is 28.2 Å². The molecule has 0 unspecified atom stereocenters. The maximum absolute atomic E-state index is 12.3. The number of hydrogen-bond acceptors (Lipinski definition) is 8. The Labute approximate surface area is 149 Å². The molecule has 0 radical (unpaired) electrons. The number of nitrogens with one attached hydrogen (secondary N) is 3. The lowest BCUT2D eigenvalue weighted by molar-refractivity contribution is -0.132.